The number of rotatable bonds is 4. The van der Waals surface area contributed by atoms with Gasteiger partial charge < -0.3 is 10.2 Å². The summed E-state index contributed by atoms with van der Waals surface area (Å²) in [6.07, 6.45) is 5.12. The summed E-state index contributed by atoms with van der Waals surface area (Å²) >= 11 is 0. The number of nitrogens with zero attached hydrogens (tertiary/aromatic N) is 2. The number of amides is 2. The van der Waals surface area contributed by atoms with Gasteiger partial charge in [0.2, 0.25) is 5.91 Å². The topological polar surface area (TPSA) is 62.3 Å². The zero-order valence-corrected chi connectivity index (χ0v) is 14.4. The van der Waals surface area contributed by atoms with Crippen LogP contribution in [0.1, 0.15) is 34.3 Å². The van der Waals surface area contributed by atoms with Crippen molar-refractivity contribution in [1.82, 2.24) is 15.2 Å². The van der Waals surface area contributed by atoms with Gasteiger partial charge in [-0.15, -0.1) is 0 Å². The number of likely N-dealkylation sites (tertiary alicyclic amines) is 1. The fourth-order valence-corrected chi connectivity index (χ4v) is 3.09. The lowest BCUT2D eigenvalue weighted by Crippen LogP contribution is -2.45. The van der Waals surface area contributed by atoms with Crippen LogP contribution in [0, 0.1) is 12.8 Å². The number of carbonyl (C=O) groups excluding carboxylic acids is 2. The van der Waals surface area contributed by atoms with Gasteiger partial charge in [0, 0.05) is 37.6 Å². The molecule has 2 aromatic rings. The normalized spacial score (nSPS) is 17.2. The van der Waals surface area contributed by atoms with Gasteiger partial charge in [0.1, 0.15) is 0 Å². The number of nitrogens with one attached hydrogen (secondary N) is 1. The third kappa shape index (κ3) is 4.44. The first-order valence-electron chi connectivity index (χ1n) is 8.66. The van der Waals surface area contributed by atoms with Gasteiger partial charge in [-0.05, 0) is 43.5 Å². The van der Waals surface area contributed by atoms with Gasteiger partial charge in [-0.2, -0.15) is 0 Å². The smallest absolute Gasteiger partial charge is 0.253 e. The minimum Gasteiger partial charge on any atom is -0.352 e. The van der Waals surface area contributed by atoms with Gasteiger partial charge >= 0.3 is 0 Å². The molecule has 5 nitrogen and oxygen atoms in total. The lowest BCUT2D eigenvalue weighted by atomic mass is 9.96. The molecule has 5 heteroatoms. The van der Waals surface area contributed by atoms with E-state index in [1.54, 1.807) is 17.3 Å². The highest BCUT2D eigenvalue weighted by Gasteiger charge is 2.28. The molecule has 1 atom stereocenters. The standard InChI is InChI=1S/C20H23N3O2/c1-15-6-8-17(9-7-15)20(25)23-11-3-5-18(14-23)19(24)22-13-16-4-2-10-21-12-16/h2,4,6-10,12,18H,3,5,11,13-14H2,1H3,(H,22,24). The Bertz CT molecular complexity index is 728. The van der Waals surface area contributed by atoms with E-state index >= 15 is 0 Å². The van der Waals surface area contributed by atoms with E-state index in [0.717, 1.165) is 24.0 Å². The average Bonchev–Trinajstić information content (AvgIpc) is 2.67. The molecule has 1 N–H and O–H groups in total. The van der Waals surface area contributed by atoms with Crippen molar-refractivity contribution in [1.29, 1.82) is 0 Å². The summed E-state index contributed by atoms with van der Waals surface area (Å²) in [5, 5.41) is 2.96. The molecule has 0 aliphatic carbocycles. The van der Waals surface area contributed by atoms with Crippen LogP contribution in [0.5, 0.6) is 0 Å². The number of aryl methyl sites for hydroxylation is 1. The van der Waals surface area contributed by atoms with Crippen LogP contribution < -0.4 is 5.32 Å². The largest absolute Gasteiger partial charge is 0.352 e. The van der Waals surface area contributed by atoms with Gasteiger partial charge in [0.25, 0.3) is 5.91 Å². The molecule has 1 aliphatic rings. The summed E-state index contributed by atoms with van der Waals surface area (Å²) in [6, 6.07) is 11.4. The van der Waals surface area contributed by atoms with E-state index in [9.17, 15) is 9.59 Å². The molecule has 0 spiro atoms. The highest BCUT2D eigenvalue weighted by Crippen LogP contribution is 2.19. The second-order valence-corrected chi connectivity index (χ2v) is 6.54. The molecule has 2 amide bonds. The quantitative estimate of drug-likeness (QED) is 0.933. The van der Waals surface area contributed by atoms with Crippen molar-refractivity contribution in [2.75, 3.05) is 13.1 Å². The number of pyridine rings is 1. The van der Waals surface area contributed by atoms with Crippen molar-refractivity contribution < 1.29 is 9.59 Å². The van der Waals surface area contributed by atoms with E-state index in [-0.39, 0.29) is 17.7 Å². The zero-order chi connectivity index (χ0) is 17.6. The van der Waals surface area contributed by atoms with E-state index in [1.165, 1.54) is 0 Å². The summed E-state index contributed by atoms with van der Waals surface area (Å²) in [5.74, 6) is -0.144. The zero-order valence-electron chi connectivity index (χ0n) is 14.4. The molecular formula is C20H23N3O2. The van der Waals surface area contributed by atoms with Crippen LogP contribution in [0.4, 0.5) is 0 Å². The Morgan fingerprint density at radius 1 is 1.24 bits per heavy atom. The van der Waals surface area contributed by atoms with Gasteiger partial charge in [-0.25, -0.2) is 0 Å². The molecule has 1 aromatic heterocycles. The van der Waals surface area contributed by atoms with E-state index < -0.39 is 0 Å². The molecule has 1 fully saturated rings. The first kappa shape index (κ1) is 17.1. The molecular weight excluding hydrogens is 314 g/mol. The highest BCUT2D eigenvalue weighted by molar-refractivity contribution is 5.94. The van der Waals surface area contributed by atoms with E-state index in [1.807, 2.05) is 43.3 Å². The summed E-state index contributed by atoms with van der Waals surface area (Å²) in [5.41, 5.74) is 2.78. The molecule has 0 bridgehead atoms. The third-order valence-corrected chi connectivity index (χ3v) is 4.57. The number of carbonyl (C=O) groups is 2. The van der Waals surface area contributed by atoms with E-state index in [0.29, 0.717) is 25.2 Å². The van der Waals surface area contributed by atoms with Crippen molar-refractivity contribution in [2.45, 2.75) is 26.3 Å². The molecule has 130 valence electrons. The fraction of sp³-hybridized carbons (Fsp3) is 0.350. The number of hydrogen-bond acceptors (Lipinski definition) is 3. The number of benzene rings is 1. The van der Waals surface area contributed by atoms with Gasteiger partial charge in [-0.1, -0.05) is 23.8 Å². The number of hydrogen-bond donors (Lipinski definition) is 1. The van der Waals surface area contributed by atoms with E-state index in [4.69, 9.17) is 0 Å². The molecule has 25 heavy (non-hydrogen) atoms. The van der Waals surface area contributed by atoms with Crippen molar-refractivity contribution in [3.05, 3.63) is 65.5 Å². The second-order valence-electron chi connectivity index (χ2n) is 6.54. The predicted molar refractivity (Wildman–Crippen MR) is 95.9 cm³/mol. The summed E-state index contributed by atoms with van der Waals surface area (Å²) < 4.78 is 0. The molecule has 2 heterocycles. The lowest BCUT2D eigenvalue weighted by Gasteiger charge is -2.32. The van der Waals surface area contributed by atoms with Crippen LogP contribution in [-0.2, 0) is 11.3 Å². The monoisotopic (exact) mass is 337 g/mol. The lowest BCUT2D eigenvalue weighted by molar-refractivity contribution is -0.126. The Morgan fingerprint density at radius 2 is 2.04 bits per heavy atom. The molecule has 1 aliphatic heterocycles. The summed E-state index contributed by atoms with van der Waals surface area (Å²) in [7, 11) is 0. The first-order valence-corrected chi connectivity index (χ1v) is 8.66. The highest BCUT2D eigenvalue weighted by atomic mass is 16.2. The third-order valence-electron chi connectivity index (χ3n) is 4.57. The minimum atomic E-state index is -0.153. The van der Waals surface area contributed by atoms with Gasteiger partial charge in [0.05, 0.1) is 5.92 Å². The summed E-state index contributed by atoms with van der Waals surface area (Å²) in [6.45, 7) is 3.65. The Kier molecular flexibility index (Phi) is 5.43. The van der Waals surface area contributed by atoms with Crippen LogP contribution in [0.15, 0.2) is 48.8 Å². The van der Waals surface area contributed by atoms with Crippen LogP contribution in [0.3, 0.4) is 0 Å². The fourth-order valence-electron chi connectivity index (χ4n) is 3.09. The van der Waals surface area contributed by atoms with Crippen molar-refractivity contribution in [2.24, 2.45) is 5.92 Å². The molecule has 0 saturated carbocycles. The van der Waals surface area contributed by atoms with Gasteiger partial charge in [0.15, 0.2) is 0 Å². The minimum absolute atomic E-state index is 0.00441. The van der Waals surface area contributed by atoms with Crippen LogP contribution >= 0.6 is 0 Å². The van der Waals surface area contributed by atoms with E-state index in [2.05, 4.69) is 10.3 Å². The average molecular weight is 337 g/mol. The Balaban J connectivity index is 1.57. The van der Waals surface area contributed by atoms with Crippen LogP contribution in [0.25, 0.3) is 0 Å². The maximum atomic E-state index is 12.6. The maximum Gasteiger partial charge on any atom is 0.253 e. The van der Waals surface area contributed by atoms with Crippen LogP contribution in [0.2, 0.25) is 0 Å². The maximum absolute atomic E-state index is 12.6. The predicted octanol–water partition coefficient (Wildman–Crippen LogP) is 2.56. The SMILES string of the molecule is Cc1ccc(C(=O)N2CCCC(C(=O)NCc3cccnc3)C2)cc1. The number of aromatic nitrogens is 1. The van der Waals surface area contributed by atoms with Gasteiger partial charge in [-0.3, -0.25) is 14.6 Å². The summed E-state index contributed by atoms with van der Waals surface area (Å²) in [4.78, 5) is 30.9. The molecule has 3 rings (SSSR count). The number of piperidine rings is 1. The molecule has 1 saturated heterocycles. The van der Waals surface area contributed by atoms with Crippen LogP contribution in [-0.4, -0.2) is 34.8 Å². The Morgan fingerprint density at radius 3 is 2.76 bits per heavy atom. The molecule has 1 unspecified atom stereocenters. The Hall–Kier alpha value is -2.69. The molecule has 1 aromatic carbocycles. The first-order chi connectivity index (χ1) is 12.1. The van der Waals surface area contributed by atoms with Crippen molar-refractivity contribution in [3.63, 3.8) is 0 Å². The van der Waals surface area contributed by atoms with Crippen molar-refractivity contribution >= 4 is 11.8 Å². The van der Waals surface area contributed by atoms with Crippen molar-refractivity contribution in [3.8, 4) is 0 Å². The second kappa shape index (κ2) is 7.92. The molecule has 0 radical (unpaired) electrons. The Labute approximate surface area is 148 Å².